The van der Waals surface area contributed by atoms with Crippen LogP contribution in [0.3, 0.4) is 0 Å². The van der Waals surface area contributed by atoms with Crippen LogP contribution < -0.4 is 0 Å². The minimum absolute atomic E-state index is 0.0532. The largest absolute Gasteiger partial charge is 0.477 e. The van der Waals surface area contributed by atoms with Crippen LogP contribution in [0.4, 0.5) is 0 Å². The molecular weight excluding hydrogens is 260 g/mol. The number of carbonyl (C=O) groups excluding carboxylic acids is 1. The third kappa shape index (κ3) is 2.82. The van der Waals surface area contributed by atoms with Gasteiger partial charge in [0, 0.05) is 38.3 Å². The van der Waals surface area contributed by atoms with Crippen molar-refractivity contribution in [1.82, 2.24) is 19.6 Å². The summed E-state index contributed by atoms with van der Waals surface area (Å²) >= 11 is 0. The van der Waals surface area contributed by atoms with E-state index in [0.29, 0.717) is 13.1 Å². The Hall–Kier alpha value is -1.89. The van der Waals surface area contributed by atoms with E-state index in [-0.39, 0.29) is 23.3 Å². The van der Waals surface area contributed by atoms with Gasteiger partial charge in [-0.2, -0.15) is 5.10 Å². The molecule has 1 N–H and O–H groups in total. The van der Waals surface area contributed by atoms with E-state index in [1.54, 1.807) is 4.90 Å². The number of nitrogens with zero attached hydrogens (tertiary/aromatic N) is 4. The van der Waals surface area contributed by atoms with Gasteiger partial charge in [-0.05, 0) is 20.9 Å². The lowest BCUT2D eigenvalue weighted by atomic mass is 10.2. The number of aromatic nitrogens is 2. The molecule has 20 heavy (non-hydrogen) atoms. The maximum atomic E-state index is 12.4. The second-order valence-corrected chi connectivity index (χ2v) is 5.35. The Bertz CT molecular complexity index is 516. The molecule has 0 aliphatic carbocycles. The number of aromatic carboxylic acids is 1. The van der Waals surface area contributed by atoms with Gasteiger partial charge in [0.05, 0.1) is 0 Å². The molecule has 0 unspecified atom stereocenters. The lowest BCUT2D eigenvalue weighted by Gasteiger charge is -2.31. The first kappa shape index (κ1) is 14.5. The van der Waals surface area contributed by atoms with Gasteiger partial charge in [0.25, 0.3) is 5.91 Å². The molecule has 0 radical (unpaired) electrons. The summed E-state index contributed by atoms with van der Waals surface area (Å²) in [7, 11) is 2.01. The molecule has 1 aliphatic heterocycles. The molecule has 0 spiro atoms. The second kappa shape index (κ2) is 5.62. The molecule has 7 heteroatoms. The minimum Gasteiger partial charge on any atom is -0.477 e. The Morgan fingerprint density at radius 1 is 1.25 bits per heavy atom. The number of hydrogen-bond donors (Lipinski definition) is 1. The molecule has 0 bridgehead atoms. The summed E-state index contributed by atoms with van der Waals surface area (Å²) in [6.45, 7) is 6.61. The zero-order valence-corrected chi connectivity index (χ0v) is 12.0. The van der Waals surface area contributed by atoms with Gasteiger partial charge >= 0.3 is 5.97 Å². The summed E-state index contributed by atoms with van der Waals surface area (Å²) in [5, 5.41) is 13.3. The van der Waals surface area contributed by atoms with Crippen molar-refractivity contribution in [2.75, 3.05) is 33.2 Å². The molecule has 0 aromatic carbocycles. The van der Waals surface area contributed by atoms with Crippen molar-refractivity contribution in [3.63, 3.8) is 0 Å². The average Bonchev–Trinajstić information content (AvgIpc) is 2.84. The number of amides is 1. The van der Waals surface area contributed by atoms with Gasteiger partial charge in [0.15, 0.2) is 5.69 Å². The molecule has 110 valence electrons. The Morgan fingerprint density at radius 3 is 2.30 bits per heavy atom. The van der Waals surface area contributed by atoms with Crippen molar-refractivity contribution in [2.45, 2.75) is 19.9 Å². The normalized spacial score (nSPS) is 16.7. The fraction of sp³-hybridized carbons (Fsp3) is 0.615. The van der Waals surface area contributed by atoms with Crippen LogP contribution in [0.2, 0.25) is 0 Å². The highest BCUT2D eigenvalue weighted by Gasteiger charge is 2.25. The van der Waals surface area contributed by atoms with E-state index < -0.39 is 5.97 Å². The first-order valence-electron chi connectivity index (χ1n) is 6.71. The van der Waals surface area contributed by atoms with Crippen molar-refractivity contribution in [3.05, 3.63) is 17.5 Å². The number of rotatable bonds is 3. The SMILES string of the molecule is CC(C)n1nc(C(=O)N2CCN(C)CC2)cc1C(=O)O. The quantitative estimate of drug-likeness (QED) is 0.874. The fourth-order valence-electron chi connectivity index (χ4n) is 2.22. The molecule has 2 rings (SSSR count). The first-order chi connectivity index (χ1) is 9.40. The van der Waals surface area contributed by atoms with Gasteiger partial charge in [-0.1, -0.05) is 0 Å². The van der Waals surface area contributed by atoms with E-state index in [2.05, 4.69) is 10.00 Å². The highest BCUT2D eigenvalue weighted by molar-refractivity contribution is 5.95. The molecule has 0 atom stereocenters. The molecule has 0 saturated carbocycles. The summed E-state index contributed by atoms with van der Waals surface area (Å²) in [6.07, 6.45) is 0. The zero-order valence-electron chi connectivity index (χ0n) is 12.0. The summed E-state index contributed by atoms with van der Waals surface area (Å²) < 4.78 is 1.38. The predicted octanol–water partition coefficient (Wildman–Crippen LogP) is 0.550. The monoisotopic (exact) mass is 280 g/mol. The highest BCUT2D eigenvalue weighted by atomic mass is 16.4. The van der Waals surface area contributed by atoms with Crippen LogP contribution in [0.1, 0.15) is 40.9 Å². The van der Waals surface area contributed by atoms with Crippen LogP contribution >= 0.6 is 0 Å². The van der Waals surface area contributed by atoms with Gasteiger partial charge in [-0.3, -0.25) is 9.48 Å². The van der Waals surface area contributed by atoms with Gasteiger partial charge in [0.2, 0.25) is 0 Å². The fourth-order valence-corrected chi connectivity index (χ4v) is 2.22. The van der Waals surface area contributed by atoms with Gasteiger partial charge in [0.1, 0.15) is 5.69 Å². The molecule has 7 nitrogen and oxygen atoms in total. The van der Waals surface area contributed by atoms with Crippen LogP contribution in [-0.4, -0.2) is 69.8 Å². The second-order valence-electron chi connectivity index (χ2n) is 5.35. The van der Waals surface area contributed by atoms with Gasteiger partial charge in [-0.15, -0.1) is 0 Å². The summed E-state index contributed by atoms with van der Waals surface area (Å²) in [5.41, 5.74) is 0.262. The number of carbonyl (C=O) groups is 2. The van der Waals surface area contributed by atoms with E-state index in [1.807, 2.05) is 20.9 Å². The van der Waals surface area contributed by atoms with E-state index in [4.69, 9.17) is 5.11 Å². The molecule has 1 aromatic rings. The maximum absolute atomic E-state index is 12.4. The number of hydrogen-bond acceptors (Lipinski definition) is 4. The molecule has 1 aromatic heterocycles. The smallest absolute Gasteiger partial charge is 0.354 e. The van der Waals surface area contributed by atoms with E-state index in [0.717, 1.165) is 13.1 Å². The number of carboxylic acid groups (broad SMARTS) is 1. The van der Waals surface area contributed by atoms with Crippen molar-refractivity contribution in [1.29, 1.82) is 0 Å². The van der Waals surface area contributed by atoms with Gasteiger partial charge < -0.3 is 14.9 Å². The van der Waals surface area contributed by atoms with Crippen LogP contribution in [0.25, 0.3) is 0 Å². The molecule has 1 aliphatic rings. The third-order valence-electron chi connectivity index (χ3n) is 3.45. The topological polar surface area (TPSA) is 78.7 Å². The van der Waals surface area contributed by atoms with E-state index >= 15 is 0 Å². The third-order valence-corrected chi connectivity index (χ3v) is 3.45. The molecule has 2 heterocycles. The van der Waals surface area contributed by atoms with Crippen LogP contribution in [0, 0.1) is 0 Å². The standard InChI is InChI=1S/C13H20N4O3/c1-9(2)17-11(13(19)20)8-10(14-17)12(18)16-6-4-15(3)5-7-16/h8-9H,4-7H2,1-3H3,(H,19,20). The highest BCUT2D eigenvalue weighted by Crippen LogP contribution is 2.14. The lowest BCUT2D eigenvalue weighted by Crippen LogP contribution is -2.47. The first-order valence-corrected chi connectivity index (χ1v) is 6.71. The molecule has 1 fully saturated rings. The Balaban J connectivity index is 2.22. The van der Waals surface area contributed by atoms with Crippen LogP contribution in [-0.2, 0) is 0 Å². The molecule has 1 saturated heterocycles. The average molecular weight is 280 g/mol. The Kier molecular flexibility index (Phi) is 4.08. The summed E-state index contributed by atoms with van der Waals surface area (Å²) in [4.78, 5) is 27.4. The van der Waals surface area contributed by atoms with Crippen molar-refractivity contribution >= 4 is 11.9 Å². The van der Waals surface area contributed by atoms with Crippen LogP contribution in [0.5, 0.6) is 0 Å². The number of likely N-dealkylation sites (N-methyl/N-ethyl adjacent to an activating group) is 1. The van der Waals surface area contributed by atoms with E-state index in [9.17, 15) is 9.59 Å². The van der Waals surface area contributed by atoms with Crippen molar-refractivity contribution in [2.24, 2.45) is 0 Å². The zero-order chi connectivity index (χ0) is 14.9. The number of carboxylic acids is 1. The Labute approximate surface area is 117 Å². The van der Waals surface area contributed by atoms with Crippen molar-refractivity contribution < 1.29 is 14.7 Å². The number of piperazine rings is 1. The Morgan fingerprint density at radius 2 is 1.85 bits per heavy atom. The molecular formula is C13H20N4O3. The minimum atomic E-state index is -1.07. The van der Waals surface area contributed by atoms with Gasteiger partial charge in [-0.25, -0.2) is 4.79 Å². The van der Waals surface area contributed by atoms with E-state index in [1.165, 1.54) is 10.7 Å². The van der Waals surface area contributed by atoms with Crippen LogP contribution in [0.15, 0.2) is 6.07 Å². The molecule has 1 amide bonds. The predicted molar refractivity (Wildman–Crippen MR) is 73.0 cm³/mol. The summed E-state index contributed by atoms with van der Waals surface area (Å²) in [6, 6.07) is 1.26. The van der Waals surface area contributed by atoms with Crippen molar-refractivity contribution in [3.8, 4) is 0 Å². The lowest BCUT2D eigenvalue weighted by molar-refractivity contribution is 0.0654. The summed E-state index contributed by atoms with van der Waals surface area (Å²) in [5.74, 6) is -1.26. The maximum Gasteiger partial charge on any atom is 0.354 e.